The maximum Gasteiger partial charge on any atom is 0.329 e. The number of halogens is 1. The average Bonchev–Trinajstić information content (AvgIpc) is 2.36. The molecule has 2 aromatic rings. The molecule has 98 valence electrons. The van der Waals surface area contributed by atoms with Crippen LogP contribution >= 0.6 is 15.9 Å². The highest BCUT2D eigenvalue weighted by Gasteiger charge is 2.16. The first kappa shape index (κ1) is 13.2. The van der Waals surface area contributed by atoms with E-state index in [1.165, 1.54) is 0 Å². The van der Waals surface area contributed by atoms with Crippen molar-refractivity contribution in [1.82, 2.24) is 9.97 Å². The van der Waals surface area contributed by atoms with Gasteiger partial charge in [0.15, 0.2) is 0 Å². The molecule has 0 aliphatic carbocycles. The van der Waals surface area contributed by atoms with Crippen LogP contribution in [-0.2, 0) is 6.54 Å². The molecule has 0 bridgehead atoms. The van der Waals surface area contributed by atoms with Crippen molar-refractivity contribution < 1.29 is 4.92 Å². The Balaban J connectivity index is 2.19. The first-order valence-electron chi connectivity index (χ1n) is 5.31. The zero-order chi connectivity index (χ0) is 13.8. The van der Waals surface area contributed by atoms with Crippen LogP contribution in [-0.4, -0.2) is 14.9 Å². The molecule has 0 aliphatic rings. The number of benzene rings is 1. The van der Waals surface area contributed by atoms with Gasteiger partial charge in [-0.05, 0) is 17.7 Å². The number of nitrogens with zero attached hydrogens (tertiary/aromatic N) is 3. The van der Waals surface area contributed by atoms with Gasteiger partial charge in [-0.25, -0.2) is 4.98 Å². The second kappa shape index (κ2) is 5.61. The van der Waals surface area contributed by atoms with Gasteiger partial charge in [-0.3, -0.25) is 10.1 Å². The standard InChI is InChI=1S/C11H10BrN5O2/c12-8-3-1-2-7(4-8)5-14-10-9(17(18)19)6-15-11(13)16-10/h1-4,6H,5H2,(H3,13,14,15,16). The summed E-state index contributed by atoms with van der Waals surface area (Å²) in [4.78, 5) is 17.7. The molecule has 0 atom stereocenters. The normalized spacial score (nSPS) is 10.2. The van der Waals surface area contributed by atoms with E-state index in [-0.39, 0.29) is 17.5 Å². The summed E-state index contributed by atoms with van der Waals surface area (Å²) in [5.41, 5.74) is 6.18. The Labute approximate surface area is 117 Å². The van der Waals surface area contributed by atoms with Crippen LogP contribution in [0.1, 0.15) is 5.56 Å². The minimum Gasteiger partial charge on any atom is -0.368 e. The Morgan fingerprint density at radius 2 is 2.26 bits per heavy atom. The van der Waals surface area contributed by atoms with Crippen molar-refractivity contribution >= 4 is 33.4 Å². The Morgan fingerprint density at radius 3 is 2.95 bits per heavy atom. The molecular formula is C11H10BrN5O2. The lowest BCUT2D eigenvalue weighted by atomic mass is 10.2. The fourth-order valence-corrected chi connectivity index (χ4v) is 1.93. The zero-order valence-electron chi connectivity index (χ0n) is 9.71. The van der Waals surface area contributed by atoms with Crippen molar-refractivity contribution in [1.29, 1.82) is 0 Å². The van der Waals surface area contributed by atoms with Crippen molar-refractivity contribution in [3.05, 3.63) is 50.6 Å². The maximum atomic E-state index is 10.8. The number of aromatic nitrogens is 2. The van der Waals surface area contributed by atoms with E-state index in [1.54, 1.807) is 0 Å². The highest BCUT2D eigenvalue weighted by molar-refractivity contribution is 9.10. The maximum absolute atomic E-state index is 10.8. The molecule has 1 aromatic heterocycles. The van der Waals surface area contributed by atoms with E-state index in [2.05, 4.69) is 31.2 Å². The summed E-state index contributed by atoms with van der Waals surface area (Å²) in [7, 11) is 0. The summed E-state index contributed by atoms with van der Waals surface area (Å²) in [6.45, 7) is 0.400. The van der Waals surface area contributed by atoms with Gasteiger partial charge in [0.1, 0.15) is 6.20 Å². The molecule has 8 heteroatoms. The van der Waals surface area contributed by atoms with Gasteiger partial charge in [0, 0.05) is 11.0 Å². The molecule has 0 saturated heterocycles. The van der Waals surface area contributed by atoms with Crippen LogP contribution in [0, 0.1) is 10.1 Å². The lowest BCUT2D eigenvalue weighted by molar-refractivity contribution is -0.384. The van der Waals surface area contributed by atoms with E-state index < -0.39 is 4.92 Å². The fraction of sp³-hybridized carbons (Fsp3) is 0.0909. The predicted molar refractivity (Wildman–Crippen MR) is 74.6 cm³/mol. The predicted octanol–water partition coefficient (Wildman–Crippen LogP) is 2.34. The summed E-state index contributed by atoms with van der Waals surface area (Å²) < 4.78 is 0.934. The summed E-state index contributed by atoms with van der Waals surface area (Å²) >= 11 is 3.36. The molecule has 0 spiro atoms. The van der Waals surface area contributed by atoms with E-state index in [0.717, 1.165) is 16.2 Å². The van der Waals surface area contributed by atoms with Crippen LogP contribution in [0.5, 0.6) is 0 Å². The zero-order valence-corrected chi connectivity index (χ0v) is 11.3. The van der Waals surface area contributed by atoms with Crippen molar-refractivity contribution in [3.8, 4) is 0 Å². The second-order valence-electron chi connectivity index (χ2n) is 3.70. The molecule has 2 rings (SSSR count). The Bertz CT molecular complexity index is 620. The first-order valence-corrected chi connectivity index (χ1v) is 6.11. The number of nitro groups is 1. The third-order valence-electron chi connectivity index (χ3n) is 2.33. The van der Waals surface area contributed by atoms with Crippen LogP contribution < -0.4 is 11.1 Å². The highest BCUT2D eigenvalue weighted by atomic mass is 79.9. The molecule has 0 aliphatic heterocycles. The number of nitrogen functional groups attached to an aromatic ring is 1. The lowest BCUT2D eigenvalue weighted by Gasteiger charge is -2.06. The van der Waals surface area contributed by atoms with Gasteiger partial charge in [-0.2, -0.15) is 4.98 Å². The summed E-state index contributed by atoms with van der Waals surface area (Å²) in [6.07, 6.45) is 1.09. The largest absolute Gasteiger partial charge is 0.368 e. The monoisotopic (exact) mass is 323 g/mol. The average molecular weight is 324 g/mol. The van der Waals surface area contributed by atoms with Gasteiger partial charge in [-0.1, -0.05) is 28.1 Å². The van der Waals surface area contributed by atoms with Crippen LogP contribution in [0.2, 0.25) is 0 Å². The van der Waals surface area contributed by atoms with E-state index in [1.807, 2.05) is 24.3 Å². The third-order valence-corrected chi connectivity index (χ3v) is 2.83. The quantitative estimate of drug-likeness (QED) is 0.660. The molecule has 3 N–H and O–H groups in total. The van der Waals surface area contributed by atoms with E-state index in [9.17, 15) is 10.1 Å². The molecular weight excluding hydrogens is 314 g/mol. The second-order valence-corrected chi connectivity index (χ2v) is 4.62. The van der Waals surface area contributed by atoms with Crippen LogP contribution in [0.25, 0.3) is 0 Å². The van der Waals surface area contributed by atoms with Crippen molar-refractivity contribution in [2.24, 2.45) is 0 Å². The van der Waals surface area contributed by atoms with Crippen LogP contribution in [0.4, 0.5) is 17.5 Å². The number of hydrogen-bond donors (Lipinski definition) is 2. The van der Waals surface area contributed by atoms with Gasteiger partial charge in [0.05, 0.1) is 4.92 Å². The molecule has 1 aromatic carbocycles. The summed E-state index contributed by atoms with van der Waals surface area (Å²) in [6, 6.07) is 7.58. The molecule has 19 heavy (non-hydrogen) atoms. The molecule has 0 amide bonds. The molecule has 0 saturated carbocycles. The van der Waals surface area contributed by atoms with Crippen LogP contribution in [0.3, 0.4) is 0 Å². The SMILES string of the molecule is Nc1ncc([N+](=O)[O-])c(NCc2cccc(Br)c2)n1. The molecule has 0 fully saturated rings. The van der Waals surface area contributed by atoms with Crippen molar-refractivity contribution in [2.75, 3.05) is 11.1 Å². The topological polar surface area (TPSA) is 107 Å². The Hall–Kier alpha value is -2.22. The first-order chi connectivity index (χ1) is 9.06. The molecule has 1 heterocycles. The van der Waals surface area contributed by atoms with E-state index in [0.29, 0.717) is 6.54 Å². The summed E-state index contributed by atoms with van der Waals surface area (Å²) in [5, 5.41) is 13.7. The van der Waals surface area contributed by atoms with Crippen molar-refractivity contribution in [3.63, 3.8) is 0 Å². The smallest absolute Gasteiger partial charge is 0.329 e. The number of nitrogens with two attached hydrogens (primary N) is 1. The van der Waals surface area contributed by atoms with E-state index in [4.69, 9.17) is 5.73 Å². The van der Waals surface area contributed by atoms with Gasteiger partial charge in [0.25, 0.3) is 0 Å². The lowest BCUT2D eigenvalue weighted by Crippen LogP contribution is -2.07. The minimum absolute atomic E-state index is 0.0117. The minimum atomic E-state index is -0.553. The Morgan fingerprint density at radius 1 is 1.47 bits per heavy atom. The molecule has 0 radical (unpaired) electrons. The summed E-state index contributed by atoms with van der Waals surface area (Å²) in [5.74, 6) is 0.0971. The number of nitrogens with one attached hydrogen (secondary N) is 1. The highest BCUT2D eigenvalue weighted by Crippen LogP contribution is 2.22. The Kier molecular flexibility index (Phi) is 3.91. The number of rotatable bonds is 4. The van der Waals surface area contributed by atoms with Gasteiger partial charge in [0.2, 0.25) is 11.8 Å². The number of anilines is 2. The van der Waals surface area contributed by atoms with Crippen molar-refractivity contribution in [2.45, 2.75) is 6.54 Å². The van der Waals surface area contributed by atoms with Crippen LogP contribution in [0.15, 0.2) is 34.9 Å². The van der Waals surface area contributed by atoms with Gasteiger partial charge < -0.3 is 11.1 Å². The number of hydrogen-bond acceptors (Lipinski definition) is 6. The fourth-order valence-electron chi connectivity index (χ4n) is 1.49. The third kappa shape index (κ3) is 3.38. The van der Waals surface area contributed by atoms with Gasteiger partial charge >= 0.3 is 5.69 Å². The molecule has 7 nitrogen and oxygen atoms in total. The molecule has 0 unspecified atom stereocenters. The van der Waals surface area contributed by atoms with Gasteiger partial charge in [-0.15, -0.1) is 0 Å². The van der Waals surface area contributed by atoms with E-state index >= 15 is 0 Å².